The molecule has 2 aromatic heterocycles. The molecule has 146 valence electrons. The molecule has 0 unspecified atom stereocenters. The number of benzene rings is 1. The first kappa shape index (κ1) is 17.9. The zero-order valence-corrected chi connectivity index (χ0v) is 16.3. The number of nitrogens with zero attached hydrogens (tertiary/aromatic N) is 4. The summed E-state index contributed by atoms with van der Waals surface area (Å²) in [6.45, 7) is 5.41. The molecule has 0 spiro atoms. The van der Waals surface area contributed by atoms with Gasteiger partial charge in [-0.05, 0) is 61.2 Å². The molecular weight excluding hydrogens is 369 g/mol. The molecule has 0 amide bonds. The van der Waals surface area contributed by atoms with E-state index in [9.17, 15) is 4.39 Å². The van der Waals surface area contributed by atoms with Gasteiger partial charge in [-0.3, -0.25) is 0 Å². The minimum absolute atomic E-state index is 0.239. The van der Waals surface area contributed by atoms with Crippen LogP contribution in [0.25, 0.3) is 16.7 Å². The quantitative estimate of drug-likeness (QED) is 0.575. The predicted octanol–water partition coefficient (Wildman–Crippen LogP) is 3.76. The van der Waals surface area contributed by atoms with Gasteiger partial charge in [0.2, 0.25) is 0 Å². The molecular formula is C22H20FN5O. The van der Waals surface area contributed by atoms with Crippen molar-refractivity contribution in [2.75, 3.05) is 13.1 Å². The first-order valence-corrected chi connectivity index (χ1v) is 9.65. The second-order valence-corrected chi connectivity index (χ2v) is 7.35. The van der Waals surface area contributed by atoms with Crippen LogP contribution in [0.2, 0.25) is 0 Å². The van der Waals surface area contributed by atoms with Gasteiger partial charge in [0.1, 0.15) is 11.6 Å². The van der Waals surface area contributed by atoms with Gasteiger partial charge in [0, 0.05) is 18.5 Å². The highest BCUT2D eigenvalue weighted by molar-refractivity contribution is 5.86. The molecule has 0 saturated heterocycles. The van der Waals surface area contributed by atoms with Gasteiger partial charge in [-0.2, -0.15) is 9.97 Å². The molecule has 0 fully saturated rings. The molecule has 1 aliphatic heterocycles. The van der Waals surface area contributed by atoms with Crippen molar-refractivity contribution >= 4 is 5.57 Å². The van der Waals surface area contributed by atoms with E-state index in [1.807, 2.05) is 13.8 Å². The molecule has 1 aromatic carbocycles. The third-order valence-electron chi connectivity index (χ3n) is 5.35. The highest BCUT2D eigenvalue weighted by Crippen LogP contribution is 2.43. The maximum atomic E-state index is 14.2. The lowest BCUT2D eigenvalue weighted by molar-refractivity contribution is 0.435. The predicted molar refractivity (Wildman–Crippen MR) is 107 cm³/mol. The summed E-state index contributed by atoms with van der Waals surface area (Å²) >= 11 is 0. The van der Waals surface area contributed by atoms with Gasteiger partial charge in [0.05, 0.1) is 23.8 Å². The molecule has 0 atom stereocenters. The van der Waals surface area contributed by atoms with Crippen LogP contribution in [0.15, 0.2) is 30.6 Å². The Morgan fingerprint density at radius 2 is 1.93 bits per heavy atom. The molecule has 0 bridgehead atoms. The van der Waals surface area contributed by atoms with Gasteiger partial charge in [-0.1, -0.05) is 6.08 Å². The van der Waals surface area contributed by atoms with E-state index in [0.29, 0.717) is 18.0 Å². The Bertz CT molecular complexity index is 1140. The van der Waals surface area contributed by atoms with Crippen LogP contribution in [0, 0.1) is 19.7 Å². The molecule has 2 aliphatic rings. The minimum atomic E-state index is -0.239. The summed E-state index contributed by atoms with van der Waals surface area (Å²) in [6, 6.07) is 3.43. The number of aryl methyl sites for hydroxylation is 2. The summed E-state index contributed by atoms with van der Waals surface area (Å²) in [5, 5.41) is 3.32. The molecule has 1 N–H and O–H groups in total. The number of hydrogen-bond acceptors (Lipinski definition) is 6. The summed E-state index contributed by atoms with van der Waals surface area (Å²) in [7, 11) is 0. The van der Waals surface area contributed by atoms with Crippen molar-refractivity contribution in [1.82, 2.24) is 25.3 Å². The lowest BCUT2D eigenvalue weighted by atomic mass is 9.96. The summed E-state index contributed by atoms with van der Waals surface area (Å²) in [5.74, 6) is 0.913. The van der Waals surface area contributed by atoms with E-state index in [-0.39, 0.29) is 11.8 Å². The largest absolute Gasteiger partial charge is 0.421 e. The lowest BCUT2D eigenvalue weighted by Gasteiger charge is -2.17. The molecule has 0 radical (unpaired) electrons. The van der Waals surface area contributed by atoms with Crippen molar-refractivity contribution in [1.29, 1.82) is 0 Å². The van der Waals surface area contributed by atoms with Crippen LogP contribution in [-0.2, 0) is 6.42 Å². The smallest absolute Gasteiger partial charge is 0.322 e. The Kier molecular flexibility index (Phi) is 4.32. The standard InChI is InChI=1S/C22H20FN5O/c1-12-7-15(23)8-18-17(12)9-19-20(18)21(14-3-5-24-6-4-14)28-22(27-19)29-16-10-25-13(2)26-11-16/h3,7-8,10-11,24H,4-6,9H2,1-2H3. The molecule has 6 nitrogen and oxygen atoms in total. The van der Waals surface area contributed by atoms with E-state index in [2.05, 4.69) is 26.3 Å². The van der Waals surface area contributed by atoms with E-state index in [4.69, 9.17) is 9.72 Å². The van der Waals surface area contributed by atoms with E-state index in [1.165, 1.54) is 0 Å². The second-order valence-electron chi connectivity index (χ2n) is 7.35. The average molecular weight is 389 g/mol. The number of halogens is 1. The molecule has 7 heteroatoms. The van der Waals surface area contributed by atoms with Gasteiger partial charge in [0.15, 0.2) is 5.75 Å². The van der Waals surface area contributed by atoms with Crippen molar-refractivity contribution in [2.24, 2.45) is 0 Å². The van der Waals surface area contributed by atoms with E-state index in [0.717, 1.165) is 58.7 Å². The Balaban J connectivity index is 1.65. The average Bonchev–Trinajstić information content (AvgIpc) is 3.09. The van der Waals surface area contributed by atoms with Crippen LogP contribution in [0.4, 0.5) is 4.39 Å². The number of nitrogens with one attached hydrogen (secondary N) is 1. The van der Waals surface area contributed by atoms with Crippen LogP contribution in [0.1, 0.15) is 34.8 Å². The monoisotopic (exact) mass is 389 g/mol. The molecule has 29 heavy (non-hydrogen) atoms. The fraction of sp³-hybridized carbons (Fsp3) is 0.273. The number of fused-ring (bicyclic) bond motifs is 3. The van der Waals surface area contributed by atoms with Gasteiger partial charge >= 0.3 is 6.01 Å². The van der Waals surface area contributed by atoms with Gasteiger partial charge in [-0.15, -0.1) is 0 Å². The van der Waals surface area contributed by atoms with Crippen LogP contribution >= 0.6 is 0 Å². The zero-order valence-electron chi connectivity index (χ0n) is 16.3. The maximum Gasteiger partial charge on any atom is 0.322 e. The van der Waals surface area contributed by atoms with Crippen LogP contribution < -0.4 is 10.1 Å². The number of ether oxygens (including phenoxy) is 1. The number of hydrogen-bond donors (Lipinski definition) is 1. The third-order valence-corrected chi connectivity index (χ3v) is 5.35. The van der Waals surface area contributed by atoms with E-state index in [1.54, 1.807) is 24.5 Å². The zero-order chi connectivity index (χ0) is 20.0. The summed E-state index contributed by atoms with van der Waals surface area (Å²) in [6.07, 6.45) is 6.83. The van der Waals surface area contributed by atoms with Gasteiger partial charge in [0.25, 0.3) is 0 Å². The topological polar surface area (TPSA) is 72.8 Å². The van der Waals surface area contributed by atoms with Crippen molar-refractivity contribution < 1.29 is 9.13 Å². The first-order chi connectivity index (χ1) is 14.1. The summed E-state index contributed by atoms with van der Waals surface area (Å²) in [5.41, 5.74) is 6.65. The Hall–Kier alpha value is -3.19. The number of aromatic nitrogens is 4. The van der Waals surface area contributed by atoms with E-state index >= 15 is 0 Å². The Labute approximate surface area is 167 Å². The van der Waals surface area contributed by atoms with Gasteiger partial charge in [-0.25, -0.2) is 14.4 Å². The highest BCUT2D eigenvalue weighted by Gasteiger charge is 2.29. The van der Waals surface area contributed by atoms with Crippen molar-refractivity contribution in [3.8, 4) is 22.9 Å². The van der Waals surface area contributed by atoms with E-state index < -0.39 is 0 Å². The van der Waals surface area contributed by atoms with Crippen molar-refractivity contribution in [3.05, 3.63) is 64.8 Å². The Morgan fingerprint density at radius 1 is 1.10 bits per heavy atom. The first-order valence-electron chi connectivity index (χ1n) is 9.65. The summed E-state index contributed by atoms with van der Waals surface area (Å²) in [4.78, 5) is 17.7. The normalized spacial score (nSPS) is 14.9. The van der Waals surface area contributed by atoms with Crippen LogP contribution in [-0.4, -0.2) is 33.0 Å². The molecule has 3 aromatic rings. The second kappa shape index (κ2) is 7.00. The van der Waals surface area contributed by atoms with Gasteiger partial charge < -0.3 is 10.1 Å². The van der Waals surface area contributed by atoms with Crippen LogP contribution in [0.3, 0.4) is 0 Å². The fourth-order valence-corrected chi connectivity index (χ4v) is 3.95. The van der Waals surface area contributed by atoms with Crippen molar-refractivity contribution in [3.63, 3.8) is 0 Å². The minimum Gasteiger partial charge on any atom is -0.421 e. The highest BCUT2D eigenvalue weighted by atomic mass is 19.1. The molecule has 3 heterocycles. The molecule has 5 rings (SSSR count). The van der Waals surface area contributed by atoms with Crippen LogP contribution in [0.5, 0.6) is 11.8 Å². The van der Waals surface area contributed by atoms with Crippen molar-refractivity contribution in [2.45, 2.75) is 26.7 Å². The molecule has 1 aliphatic carbocycles. The third kappa shape index (κ3) is 3.27. The number of rotatable bonds is 3. The summed E-state index contributed by atoms with van der Waals surface area (Å²) < 4.78 is 20.1. The molecule has 0 saturated carbocycles. The fourth-order valence-electron chi connectivity index (χ4n) is 3.95. The Morgan fingerprint density at radius 3 is 2.69 bits per heavy atom. The SMILES string of the molecule is Cc1ncc(Oc2nc3c(c(C4=CCNCC4)n2)-c2cc(F)cc(C)c2C3)cn1. The maximum absolute atomic E-state index is 14.2. The lowest BCUT2D eigenvalue weighted by Crippen LogP contribution is -2.20.